The van der Waals surface area contributed by atoms with Crippen LogP contribution < -0.4 is 4.72 Å². The van der Waals surface area contributed by atoms with E-state index in [-0.39, 0.29) is 10.3 Å². The van der Waals surface area contributed by atoms with Gasteiger partial charge in [0.05, 0.1) is 5.52 Å². The molecule has 5 heteroatoms. The standard InChI is InChI=1S/C15H20N2O2S/c1-15(2,3)9-11-17-20(18,19)13-8-4-6-12-7-5-10-16-14(12)13/h4-8,10,17H,9,11H2,1-3H3. The molecular formula is C15H20N2O2S. The van der Waals surface area contributed by atoms with Crippen LogP contribution in [-0.2, 0) is 10.0 Å². The van der Waals surface area contributed by atoms with E-state index in [4.69, 9.17) is 0 Å². The molecule has 0 atom stereocenters. The highest BCUT2D eigenvalue weighted by atomic mass is 32.2. The maximum Gasteiger partial charge on any atom is 0.242 e. The smallest absolute Gasteiger partial charge is 0.242 e. The van der Waals surface area contributed by atoms with Crippen LogP contribution in [0.1, 0.15) is 27.2 Å². The summed E-state index contributed by atoms with van der Waals surface area (Å²) in [5.41, 5.74) is 0.609. The third-order valence-electron chi connectivity index (χ3n) is 3.05. The number of aromatic nitrogens is 1. The summed E-state index contributed by atoms with van der Waals surface area (Å²) in [6.45, 7) is 6.68. The first-order valence-electron chi connectivity index (χ1n) is 6.63. The van der Waals surface area contributed by atoms with Crippen LogP contribution in [0.2, 0.25) is 0 Å². The Labute approximate surface area is 120 Å². The molecule has 0 fully saturated rings. The highest BCUT2D eigenvalue weighted by Gasteiger charge is 2.19. The average molecular weight is 292 g/mol. The number of hydrogen-bond acceptors (Lipinski definition) is 3. The Bertz CT molecular complexity index is 698. The Morgan fingerprint density at radius 3 is 2.55 bits per heavy atom. The van der Waals surface area contributed by atoms with Crippen LogP contribution in [0.25, 0.3) is 10.9 Å². The summed E-state index contributed by atoms with van der Waals surface area (Å²) >= 11 is 0. The second kappa shape index (κ2) is 5.50. The van der Waals surface area contributed by atoms with Gasteiger partial charge >= 0.3 is 0 Å². The molecule has 0 aliphatic rings. The minimum atomic E-state index is -3.52. The summed E-state index contributed by atoms with van der Waals surface area (Å²) in [6, 6.07) is 8.84. The lowest BCUT2D eigenvalue weighted by molar-refractivity contribution is 0.378. The zero-order chi connectivity index (χ0) is 14.8. The second-order valence-electron chi connectivity index (χ2n) is 6.04. The lowest BCUT2D eigenvalue weighted by atomic mass is 9.93. The van der Waals surface area contributed by atoms with Gasteiger partial charge in [-0.1, -0.05) is 39.0 Å². The van der Waals surface area contributed by atoms with Gasteiger partial charge in [-0.05, 0) is 24.0 Å². The molecule has 20 heavy (non-hydrogen) atoms. The fraction of sp³-hybridized carbons (Fsp3) is 0.400. The van der Waals surface area contributed by atoms with Crippen molar-refractivity contribution in [3.8, 4) is 0 Å². The normalized spacial score (nSPS) is 12.8. The largest absolute Gasteiger partial charge is 0.255 e. The molecule has 4 nitrogen and oxygen atoms in total. The van der Waals surface area contributed by atoms with Crippen molar-refractivity contribution >= 4 is 20.9 Å². The number of fused-ring (bicyclic) bond motifs is 1. The maximum atomic E-state index is 12.4. The van der Waals surface area contributed by atoms with Crippen molar-refractivity contribution in [3.05, 3.63) is 36.5 Å². The molecule has 0 aliphatic carbocycles. The molecule has 1 aromatic carbocycles. The predicted molar refractivity (Wildman–Crippen MR) is 81.0 cm³/mol. The van der Waals surface area contributed by atoms with Crippen LogP contribution in [0.5, 0.6) is 0 Å². The number of benzene rings is 1. The molecule has 0 radical (unpaired) electrons. The first-order chi connectivity index (χ1) is 9.30. The highest BCUT2D eigenvalue weighted by Crippen LogP contribution is 2.21. The number of nitrogens with zero attached hydrogens (tertiary/aromatic N) is 1. The summed E-state index contributed by atoms with van der Waals surface area (Å²) in [6.07, 6.45) is 2.39. The van der Waals surface area contributed by atoms with Crippen LogP contribution in [0.3, 0.4) is 0 Å². The van der Waals surface area contributed by atoms with E-state index in [9.17, 15) is 8.42 Å². The van der Waals surface area contributed by atoms with E-state index in [1.54, 1.807) is 24.4 Å². The van der Waals surface area contributed by atoms with E-state index >= 15 is 0 Å². The Balaban J connectivity index is 2.28. The number of sulfonamides is 1. The molecule has 0 saturated carbocycles. The van der Waals surface area contributed by atoms with Gasteiger partial charge in [0.25, 0.3) is 0 Å². The Morgan fingerprint density at radius 1 is 1.15 bits per heavy atom. The molecular weight excluding hydrogens is 272 g/mol. The Hall–Kier alpha value is -1.46. The quantitative estimate of drug-likeness (QED) is 0.942. The van der Waals surface area contributed by atoms with Crippen molar-refractivity contribution in [1.29, 1.82) is 0 Å². The number of nitrogens with one attached hydrogen (secondary N) is 1. The van der Waals surface area contributed by atoms with E-state index in [1.807, 2.05) is 12.1 Å². The molecule has 0 unspecified atom stereocenters. The van der Waals surface area contributed by atoms with E-state index in [2.05, 4.69) is 30.5 Å². The number of pyridine rings is 1. The Kier molecular flexibility index (Phi) is 4.11. The lowest BCUT2D eigenvalue weighted by Crippen LogP contribution is -2.27. The first-order valence-corrected chi connectivity index (χ1v) is 8.11. The highest BCUT2D eigenvalue weighted by molar-refractivity contribution is 7.89. The van der Waals surface area contributed by atoms with Crippen molar-refractivity contribution in [2.24, 2.45) is 5.41 Å². The summed E-state index contributed by atoms with van der Waals surface area (Å²) in [5.74, 6) is 0. The summed E-state index contributed by atoms with van der Waals surface area (Å²) in [5, 5.41) is 0.825. The molecule has 0 amide bonds. The summed E-state index contributed by atoms with van der Waals surface area (Å²) in [7, 11) is -3.52. The average Bonchev–Trinajstić information content (AvgIpc) is 2.36. The molecule has 1 aromatic heterocycles. The number of rotatable bonds is 4. The van der Waals surface area contributed by atoms with Crippen LogP contribution in [-0.4, -0.2) is 19.9 Å². The van der Waals surface area contributed by atoms with E-state index in [0.29, 0.717) is 12.1 Å². The molecule has 0 saturated heterocycles. The van der Waals surface area contributed by atoms with Gasteiger partial charge in [0.15, 0.2) is 0 Å². The van der Waals surface area contributed by atoms with Crippen LogP contribution in [0.4, 0.5) is 0 Å². The van der Waals surface area contributed by atoms with Gasteiger partial charge in [-0.15, -0.1) is 0 Å². The monoisotopic (exact) mass is 292 g/mol. The van der Waals surface area contributed by atoms with Gasteiger partial charge < -0.3 is 0 Å². The molecule has 108 valence electrons. The van der Waals surface area contributed by atoms with Crippen molar-refractivity contribution in [2.45, 2.75) is 32.1 Å². The van der Waals surface area contributed by atoms with Crippen LogP contribution in [0, 0.1) is 5.41 Å². The maximum absolute atomic E-state index is 12.4. The number of hydrogen-bond donors (Lipinski definition) is 1. The van der Waals surface area contributed by atoms with Crippen molar-refractivity contribution in [2.75, 3.05) is 6.54 Å². The first kappa shape index (κ1) is 14.9. The molecule has 1 heterocycles. The van der Waals surface area contributed by atoms with Crippen molar-refractivity contribution in [3.63, 3.8) is 0 Å². The number of para-hydroxylation sites is 1. The van der Waals surface area contributed by atoms with Gasteiger partial charge in [0.2, 0.25) is 10.0 Å². The van der Waals surface area contributed by atoms with Gasteiger partial charge in [-0.2, -0.15) is 0 Å². The molecule has 1 N–H and O–H groups in total. The van der Waals surface area contributed by atoms with Gasteiger partial charge in [-0.3, -0.25) is 4.98 Å². The van der Waals surface area contributed by atoms with Gasteiger partial charge in [-0.25, -0.2) is 13.1 Å². The third kappa shape index (κ3) is 3.55. The summed E-state index contributed by atoms with van der Waals surface area (Å²) in [4.78, 5) is 4.43. The molecule has 2 aromatic rings. The lowest BCUT2D eigenvalue weighted by Gasteiger charge is -2.18. The fourth-order valence-corrected chi connectivity index (χ4v) is 3.14. The molecule has 2 rings (SSSR count). The minimum absolute atomic E-state index is 0.0968. The second-order valence-corrected chi connectivity index (χ2v) is 7.78. The topological polar surface area (TPSA) is 59.1 Å². The van der Waals surface area contributed by atoms with Gasteiger partial charge in [0, 0.05) is 18.1 Å². The summed E-state index contributed by atoms with van der Waals surface area (Å²) < 4.78 is 27.4. The van der Waals surface area contributed by atoms with E-state index < -0.39 is 10.0 Å². The Morgan fingerprint density at radius 2 is 1.85 bits per heavy atom. The molecule has 0 spiro atoms. The molecule has 0 aliphatic heterocycles. The van der Waals surface area contributed by atoms with Crippen molar-refractivity contribution < 1.29 is 8.42 Å². The van der Waals surface area contributed by atoms with E-state index in [0.717, 1.165) is 11.8 Å². The van der Waals surface area contributed by atoms with Crippen LogP contribution >= 0.6 is 0 Å². The van der Waals surface area contributed by atoms with Gasteiger partial charge in [0.1, 0.15) is 4.90 Å². The zero-order valence-corrected chi connectivity index (χ0v) is 12.9. The van der Waals surface area contributed by atoms with E-state index in [1.165, 1.54) is 0 Å². The zero-order valence-electron chi connectivity index (χ0n) is 12.1. The molecule has 0 bridgehead atoms. The van der Waals surface area contributed by atoms with Crippen molar-refractivity contribution in [1.82, 2.24) is 9.71 Å². The predicted octanol–water partition coefficient (Wildman–Crippen LogP) is 2.95. The van der Waals surface area contributed by atoms with Crippen LogP contribution in [0.15, 0.2) is 41.4 Å². The SMILES string of the molecule is CC(C)(C)CCNS(=O)(=O)c1cccc2cccnc12. The third-order valence-corrected chi connectivity index (χ3v) is 4.54. The minimum Gasteiger partial charge on any atom is -0.255 e. The fourth-order valence-electron chi connectivity index (χ4n) is 1.93.